The molecule has 0 aliphatic carbocycles. The highest BCUT2D eigenvalue weighted by Gasteiger charge is 2.26. The number of nitrogens with zero attached hydrogens (tertiary/aromatic N) is 1. The van der Waals surface area contributed by atoms with Crippen molar-refractivity contribution >= 4 is 35.2 Å². The maximum absolute atomic E-state index is 14.0. The van der Waals surface area contributed by atoms with Gasteiger partial charge in [-0.1, -0.05) is 54.4 Å². The molecule has 0 aliphatic heterocycles. The summed E-state index contributed by atoms with van der Waals surface area (Å²) in [5.74, 6) is -0.340. The lowest BCUT2D eigenvalue weighted by atomic mass is 10.1. The molecule has 0 aliphatic rings. The van der Waals surface area contributed by atoms with Gasteiger partial charge in [0.1, 0.15) is 11.9 Å². The van der Waals surface area contributed by atoms with E-state index in [1.54, 1.807) is 24.0 Å². The van der Waals surface area contributed by atoms with Crippen molar-refractivity contribution in [1.82, 2.24) is 10.2 Å². The molecule has 2 aromatic carbocycles. The Morgan fingerprint density at radius 3 is 2.45 bits per heavy atom. The lowest BCUT2D eigenvalue weighted by molar-refractivity contribution is -0.138. The first-order valence-electron chi connectivity index (χ1n) is 10.4. The van der Waals surface area contributed by atoms with Crippen molar-refractivity contribution in [2.24, 2.45) is 0 Å². The minimum atomic E-state index is -0.625. The zero-order valence-corrected chi connectivity index (χ0v) is 20.0. The Balaban J connectivity index is 2.11. The zero-order valence-electron chi connectivity index (χ0n) is 18.5. The lowest BCUT2D eigenvalue weighted by Crippen LogP contribution is -2.50. The number of nitrogens with one attached hydrogen (secondary N) is 1. The Kier molecular flexibility index (Phi) is 9.85. The van der Waals surface area contributed by atoms with Crippen LogP contribution in [0, 0.1) is 12.7 Å². The van der Waals surface area contributed by atoms with Crippen molar-refractivity contribution in [2.45, 2.75) is 58.5 Å². The Morgan fingerprint density at radius 2 is 1.84 bits per heavy atom. The van der Waals surface area contributed by atoms with Gasteiger partial charge in [0, 0.05) is 28.9 Å². The molecule has 0 unspecified atom stereocenters. The Labute approximate surface area is 193 Å². The molecular formula is C24H30ClFN2O2S. The Bertz CT molecular complexity index is 871. The van der Waals surface area contributed by atoms with Crippen molar-refractivity contribution in [3.8, 4) is 0 Å². The van der Waals surface area contributed by atoms with E-state index in [0.29, 0.717) is 17.1 Å². The fourth-order valence-electron chi connectivity index (χ4n) is 2.93. The van der Waals surface area contributed by atoms with Crippen LogP contribution in [0.15, 0.2) is 42.5 Å². The van der Waals surface area contributed by atoms with Gasteiger partial charge in [0.05, 0.1) is 5.75 Å². The smallest absolute Gasteiger partial charge is 0.242 e. The van der Waals surface area contributed by atoms with E-state index in [9.17, 15) is 14.0 Å². The second-order valence-electron chi connectivity index (χ2n) is 7.69. The molecule has 0 heterocycles. The average Bonchev–Trinajstić information content (AvgIpc) is 2.74. The van der Waals surface area contributed by atoms with Crippen LogP contribution < -0.4 is 5.32 Å². The maximum atomic E-state index is 14.0. The topological polar surface area (TPSA) is 49.4 Å². The first-order valence-corrected chi connectivity index (χ1v) is 11.9. The summed E-state index contributed by atoms with van der Waals surface area (Å²) in [6, 6.07) is 11.8. The predicted molar refractivity (Wildman–Crippen MR) is 127 cm³/mol. The molecule has 2 aromatic rings. The van der Waals surface area contributed by atoms with E-state index in [1.165, 1.54) is 17.8 Å². The van der Waals surface area contributed by atoms with Crippen LogP contribution in [-0.4, -0.2) is 34.6 Å². The van der Waals surface area contributed by atoms with Gasteiger partial charge in [0.2, 0.25) is 11.8 Å². The first kappa shape index (κ1) is 25.2. The van der Waals surface area contributed by atoms with Gasteiger partial charge in [0.15, 0.2) is 0 Å². The highest BCUT2D eigenvalue weighted by atomic mass is 35.5. The number of amides is 2. The van der Waals surface area contributed by atoms with Crippen LogP contribution in [0.3, 0.4) is 0 Å². The van der Waals surface area contributed by atoms with Gasteiger partial charge in [-0.2, -0.15) is 0 Å². The van der Waals surface area contributed by atoms with Crippen molar-refractivity contribution in [2.75, 3.05) is 5.75 Å². The van der Waals surface area contributed by atoms with E-state index in [-0.39, 0.29) is 35.2 Å². The molecule has 168 valence electrons. The normalized spacial score (nSPS) is 12.8. The molecule has 2 rings (SSSR count). The van der Waals surface area contributed by atoms with Crippen LogP contribution in [0.5, 0.6) is 0 Å². The van der Waals surface area contributed by atoms with E-state index in [4.69, 9.17) is 11.6 Å². The number of halogens is 2. The summed E-state index contributed by atoms with van der Waals surface area (Å²) in [7, 11) is 0. The van der Waals surface area contributed by atoms with Gasteiger partial charge in [-0.25, -0.2) is 4.39 Å². The van der Waals surface area contributed by atoms with Crippen molar-refractivity contribution in [1.29, 1.82) is 0 Å². The third-order valence-electron chi connectivity index (χ3n) is 5.18. The van der Waals surface area contributed by atoms with Gasteiger partial charge in [0.25, 0.3) is 0 Å². The third-order valence-corrected chi connectivity index (χ3v) is 6.47. The number of benzene rings is 2. The maximum Gasteiger partial charge on any atom is 0.242 e. The fraction of sp³-hybridized carbons (Fsp3) is 0.417. The second-order valence-corrected chi connectivity index (χ2v) is 9.09. The molecule has 0 aromatic heterocycles. The Hall–Kier alpha value is -2.05. The molecule has 0 radical (unpaired) electrons. The molecule has 0 saturated carbocycles. The number of thioether (sulfide) groups is 1. The number of hydrogen-bond acceptors (Lipinski definition) is 3. The van der Waals surface area contributed by atoms with Crippen LogP contribution in [0.1, 0.15) is 43.9 Å². The standard InChI is InChI=1S/C24H30ClFN2O2S/c1-5-17(3)27-24(30)18(4)28(13-19-11-9-16(2)10-12-19)23(29)15-31-14-20-21(25)7-6-8-22(20)26/h6-12,17-18H,5,13-15H2,1-4H3,(H,27,30)/t17-,18+/m1/s1. The third kappa shape index (κ3) is 7.54. The SMILES string of the molecule is CC[C@@H](C)NC(=O)[C@H](C)N(Cc1ccc(C)cc1)C(=O)CSCc1c(F)cccc1Cl. The highest BCUT2D eigenvalue weighted by Crippen LogP contribution is 2.24. The van der Waals surface area contributed by atoms with Crippen LogP contribution >= 0.6 is 23.4 Å². The number of rotatable bonds is 10. The molecule has 0 spiro atoms. The first-order chi connectivity index (χ1) is 14.7. The average molecular weight is 465 g/mol. The molecule has 2 amide bonds. The molecule has 31 heavy (non-hydrogen) atoms. The number of aryl methyl sites for hydroxylation is 1. The van der Waals surface area contributed by atoms with E-state index < -0.39 is 6.04 Å². The summed E-state index contributed by atoms with van der Waals surface area (Å²) in [5, 5.41) is 3.29. The molecule has 4 nitrogen and oxygen atoms in total. The molecule has 2 atom stereocenters. The van der Waals surface area contributed by atoms with Crippen molar-refractivity contribution in [3.63, 3.8) is 0 Å². The lowest BCUT2D eigenvalue weighted by Gasteiger charge is -2.29. The minimum Gasteiger partial charge on any atom is -0.352 e. The summed E-state index contributed by atoms with van der Waals surface area (Å²) in [6.07, 6.45) is 0.809. The molecule has 7 heteroatoms. The van der Waals surface area contributed by atoms with Gasteiger partial charge in [-0.15, -0.1) is 11.8 Å². The molecule has 0 fully saturated rings. The summed E-state index contributed by atoms with van der Waals surface area (Å²) in [6.45, 7) is 8.00. The van der Waals surface area contributed by atoms with Gasteiger partial charge >= 0.3 is 0 Å². The van der Waals surface area contributed by atoms with E-state index in [0.717, 1.165) is 17.5 Å². The summed E-state index contributed by atoms with van der Waals surface area (Å²) >= 11 is 7.36. The number of carbonyl (C=O) groups excluding carboxylic acids is 2. The molecule has 0 saturated heterocycles. The van der Waals surface area contributed by atoms with E-state index >= 15 is 0 Å². The summed E-state index contributed by atoms with van der Waals surface area (Å²) in [4.78, 5) is 27.4. The zero-order chi connectivity index (χ0) is 23.0. The second kappa shape index (κ2) is 12.1. The van der Waals surface area contributed by atoms with Crippen LogP contribution in [-0.2, 0) is 21.9 Å². The van der Waals surface area contributed by atoms with Gasteiger partial charge in [-0.05, 0) is 44.9 Å². The van der Waals surface area contributed by atoms with Gasteiger partial charge < -0.3 is 10.2 Å². The van der Waals surface area contributed by atoms with Crippen LogP contribution in [0.4, 0.5) is 4.39 Å². The largest absolute Gasteiger partial charge is 0.352 e. The Morgan fingerprint density at radius 1 is 1.16 bits per heavy atom. The highest BCUT2D eigenvalue weighted by molar-refractivity contribution is 7.99. The van der Waals surface area contributed by atoms with Gasteiger partial charge in [-0.3, -0.25) is 9.59 Å². The fourth-order valence-corrected chi connectivity index (χ4v) is 4.18. The summed E-state index contributed by atoms with van der Waals surface area (Å²) < 4.78 is 14.0. The molecule has 0 bridgehead atoms. The predicted octanol–water partition coefficient (Wildman–Crippen LogP) is 5.35. The molecular weight excluding hydrogens is 435 g/mol. The monoisotopic (exact) mass is 464 g/mol. The minimum absolute atomic E-state index is 0.0313. The van der Waals surface area contributed by atoms with E-state index in [1.807, 2.05) is 45.0 Å². The summed E-state index contributed by atoms with van der Waals surface area (Å²) in [5.41, 5.74) is 2.46. The van der Waals surface area contributed by atoms with Crippen LogP contribution in [0.2, 0.25) is 5.02 Å². The number of carbonyl (C=O) groups is 2. The van der Waals surface area contributed by atoms with E-state index in [2.05, 4.69) is 5.32 Å². The van der Waals surface area contributed by atoms with Crippen molar-refractivity contribution < 1.29 is 14.0 Å². The van der Waals surface area contributed by atoms with Crippen LogP contribution in [0.25, 0.3) is 0 Å². The van der Waals surface area contributed by atoms with Crippen molar-refractivity contribution in [3.05, 3.63) is 70.0 Å². The quantitative estimate of drug-likeness (QED) is 0.515. The number of hydrogen-bond donors (Lipinski definition) is 1. The molecule has 1 N–H and O–H groups in total.